The Morgan fingerprint density at radius 1 is 0.967 bits per heavy atom. The Kier molecular flexibility index (Phi) is 6.00. The molecule has 0 amide bonds. The molecule has 5 heteroatoms. The van der Waals surface area contributed by atoms with Gasteiger partial charge in [-0.05, 0) is 41.8 Å². The van der Waals surface area contributed by atoms with Crippen molar-refractivity contribution in [3.05, 3.63) is 89.7 Å². The van der Waals surface area contributed by atoms with Gasteiger partial charge in [0.25, 0.3) is 0 Å². The molecule has 0 aliphatic rings. The molecule has 0 saturated carbocycles. The molecule has 4 aromatic rings. The average Bonchev–Trinajstić information content (AvgIpc) is 3.16. The summed E-state index contributed by atoms with van der Waals surface area (Å²) in [6.45, 7) is 3.36. The fourth-order valence-electron chi connectivity index (χ4n) is 3.62. The number of benzene rings is 3. The SMILES string of the molecule is CCCn1c(C(O)c2ccc(OCc3ccccc3)c(OC)c2)nc2ccccc21. The first-order valence-corrected chi connectivity index (χ1v) is 10.2. The van der Waals surface area contributed by atoms with E-state index in [0.29, 0.717) is 29.5 Å². The minimum atomic E-state index is -0.860. The zero-order valence-electron chi connectivity index (χ0n) is 17.3. The molecule has 0 radical (unpaired) electrons. The van der Waals surface area contributed by atoms with Crippen molar-refractivity contribution < 1.29 is 14.6 Å². The lowest BCUT2D eigenvalue weighted by Gasteiger charge is -2.16. The topological polar surface area (TPSA) is 56.5 Å². The van der Waals surface area contributed by atoms with Crippen molar-refractivity contribution in [3.8, 4) is 11.5 Å². The largest absolute Gasteiger partial charge is 0.493 e. The summed E-state index contributed by atoms with van der Waals surface area (Å²) >= 11 is 0. The summed E-state index contributed by atoms with van der Waals surface area (Å²) in [5, 5.41) is 11.1. The van der Waals surface area contributed by atoms with Crippen molar-refractivity contribution in [1.82, 2.24) is 9.55 Å². The van der Waals surface area contributed by atoms with Gasteiger partial charge in [-0.25, -0.2) is 4.98 Å². The molecule has 1 aromatic heterocycles. The first kappa shape index (κ1) is 20.0. The standard InChI is InChI=1S/C25H26N2O3/c1-3-15-27-21-12-8-7-11-20(21)26-25(27)24(28)19-13-14-22(23(16-19)29-2)30-17-18-9-5-4-6-10-18/h4-14,16,24,28H,3,15,17H2,1-2H3. The van der Waals surface area contributed by atoms with Crippen LogP contribution in [0.3, 0.4) is 0 Å². The van der Waals surface area contributed by atoms with Crippen LogP contribution >= 0.6 is 0 Å². The summed E-state index contributed by atoms with van der Waals surface area (Å²) in [6, 6.07) is 23.5. The van der Waals surface area contributed by atoms with Gasteiger partial charge in [0, 0.05) is 6.54 Å². The van der Waals surface area contributed by atoms with E-state index in [-0.39, 0.29) is 0 Å². The molecule has 1 N–H and O–H groups in total. The molecule has 1 unspecified atom stereocenters. The van der Waals surface area contributed by atoms with Crippen LogP contribution < -0.4 is 9.47 Å². The second kappa shape index (κ2) is 9.01. The number of ether oxygens (including phenoxy) is 2. The number of fused-ring (bicyclic) bond motifs is 1. The quantitative estimate of drug-likeness (QED) is 0.445. The van der Waals surface area contributed by atoms with E-state index in [0.717, 1.165) is 29.6 Å². The van der Waals surface area contributed by atoms with Crippen LogP contribution in [0.1, 0.15) is 36.4 Å². The molecule has 154 valence electrons. The number of hydrogen-bond donors (Lipinski definition) is 1. The lowest BCUT2D eigenvalue weighted by molar-refractivity contribution is 0.204. The fourth-order valence-corrected chi connectivity index (χ4v) is 3.62. The van der Waals surface area contributed by atoms with Crippen molar-refractivity contribution in [2.75, 3.05) is 7.11 Å². The number of nitrogens with zero attached hydrogens (tertiary/aromatic N) is 2. The molecule has 3 aromatic carbocycles. The zero-order chi connectivity index (χ0) is 20.9. The van der Waals surface area contributed by atoms with E-state index in [1.165, 1.54) is 0 Å². The highest BCUT2D eigenvalue weighted by atomic mass is 16.5. The van der Waals surface area contributed by atoms with Gasteiger partial charge in [0.15, 0.2) is 11.5 Å². The Hall–Kier alpha value is -3.31. The van der Waals surface area contributed by atoms with E-state index in [9.17, 15) is 5.11 Å². The van der Waals surface area contributed by atoms with Crippen LogP contribution in [0, 0.1) is 0 Å². The highest BCUT2D eigenvalue weighted by molar-refractivity contribution is 5.76. The molecular formula is C25H26N2O3. The third-order valence-corrected chi connectivity index (χ3v) is 5.12. The molecular weight excluding hydrogens is 376 g/mol. The van der Waals surface area contributed by atoms with Gasteiger partial charge < -0.3 is 19.1 Å². The molecule has 0 aliphatic carbocycles. The Morgan fingerprint density at radius 3 is 2.50 bits per heavy atom. The van der Waals surface area contributed by atoms with E-state index < -0.39 is 6.10 Å². The maximum absolute atomic E-state index is 11.1. The van der Waals surface area contributed by atoms with Gasteiger partial charge in [0.2, 0.25) is 0 Å². The lowest BCUT2D eigenvalue weighted by Crippen LogP contribution is -2.10. The predicted molar refractivity (Wildman–Crippen MR) is 118 cm³/mol. The first-order valence-electron chi connectivity index (χ1n) is 10.2. The fraction of sp³-hybridized carbons (Fsp3) is 0.240. The molecule has 1 heterocycles. The van der Waals surface area contributed by atoms with Crippen molar-refractivity contribution in [3.63, 3.8) is 0 Å². The second-order valence-electron chi connectivity index (χ2n) is 7.20. The highest BCUT2D eigenvalue weighted by Gasteiger charge is 2.21. The Labute approximate surface area is 176 Å². The molecule has 30 heavy (non-hydrogen) atoms. The minimum Gasteiger partial charge on any atom is -0.493 e. The zero-order valence-corrected chi connectivity index (χ0v) is 17.3. The molecule has 0 bridgehead atoms. The summed E-state index contributed by atoms with van der Waals surface area (Å²) in [7, 11) is 1.60. The number of methoxy groups -OCH3 is 1. The van der Waals surface area contributed by atoms with Crippen LogP contribution in [0.25, 0.3) is 11.0 Å². The van der Waals surface area contributed by atoms with Gasteiger partial charge in [-0.15, -0.1) is 0 Å². The molecule has 0 saturated heterocycles. The van der Waals surface area contributed by atoms with Crippen LogP contribution in [0.2, 0.25) is 0 Å². The molecule has 1 atom stereocenters. The van der Waals surface area contributed by atoms with Gasteiger partial charge in [-0.1, -0.05) is 55.5 Å². The van der Waals surface area contributed by atoms with Gasteiger partial charge >= 0.3 is 0 Å². The third kappa shape index (κ3) is 4.02. The summed E-state index contributed by atoms with van der Waals surface area (Å²) in [4.78, 5) is 4.70. The Morgan fingerprint density at radius 2 is 1.73 bits per heavy atom. The van der Waals surface area contributed by atoms with Crippen molar-refractivity contribution in [2.24, 2.45) is 0 Å². The van der Waals surface area contributed by atoms with E-state index in [1.54, 1.807) is 7.11 Å². The third-order valence-electron chi connectivity index (χ3n) is 5.12. The monoisotopic (exact) mass is 402 g/mol. The number of hydrogen-bond acceptors (Lipinski definition) is 4. The van der Waals surface area contributed by atoms with Gasteiger partial charge in [-0.3, -0.25) is 0 Å². The average molecular weight is 402 g/mol. The molecule has 4 rings (SSSR count). The second-order valence-corrected chi connectivity index (χ2v) is 7.20. The summed E-state index contributed by atoms with van der Waals surface area (Å²) < 4.78 is 13.6. The van der Waals surface area contributed by atoms with E-state index in [2.05, 4.69) is 11.5 Å². The number of aliphatic hydroxyl groups excluding tert-OH is 1. The van der Waals surface area contributed by atoms with Crippen LogP contribution in [-0.2, 0) is 13.2 Å². The van der Waals surface area contributed by atoms with E-state index in [4.69, 9.17) is 14.5 Å². The molecule has 5 nitrogen and oxygen atoms in total. The van der Waals surface area contributed by atoms with Crippen LogP contribution in [0.5, 0.6) is 11.5 Å². The summed E-state index contributed by atoms with van der Waals surface area (Å²) in [6.07, 6.45) is 0.0939. The van der Waals surface area contributed by atoms with Crippen molar-refractivity contribution in [1.29, 1.82) is 0 Å². The summed E-state index contributed by atoms with van der Waals surface area (Å²) in [5.74, 6) is 1.86. The summed E-state index contributed by atoms with van der Waals surface area (Å²) in [5.41, 5.74) is 3.71. The first-order chi connectivity index (χ1) is 14.7. The number of aliphatic hydroxyl groups is 1. The minimum absolute atomic E-state index is 0.450. The van der Waals surface area contributed by atoms with Crippen LogP contribution in [0.15, 0.2) is 72.8 Å². The van der Waals surface area contributed by atoms with Crippen molar-refractivity contribution in [2.45, 2.75) is 32.6 Å². The highest BCUT2D eigenvalue weighted by Crippen LogP contribution is 2.33. The van der Waals surface area contributed by atoms with Gasteiger partial charge in [0.1, 0.15) is 18.5 Å². The number of aromatic nitrogens is 2. The van der Waals surface area contributed by atoms with E-state index in [1.807, 2.05) is 72.8 Å². The number of para-hydroxylation sites is 2. The van der Waals surface area contributed by atoms with Crippen LogP contribution in [-0.4, -0.2) is 21.8 Å². The number of aryl methyl sites for hydroxylation is 1. The van der Waals surface area contributed by atoms with E-state index >= 15 is 0 Å². The lowest BCUT2D eigenvalue weighted by atomic mass is 10.1. The van der Waals surface area contributed by atoms with Gasteiger partial charge in [-0.2, -0.15) is 0 Å². The van der Waals surface area contributed by atoms with Crippen LogP contribution in [0.4, 0.5) is 0 Å². The number of rotatable bonds is 8. The van der Waals surface area contributed by atoms with Crippen molar-refractivity contribution >= 4 is 11.0 Å². The number of imidazole rings is 1. The molecule has 0 spiro atoms. The normalized spacial score (nSPS) is 12.1. The van der Waals surface area contributed by atoms with Gasteiger partial charge in [0.05, 0.1) is 18.1 Å². The smallest absolute Gasteiger partial charge is 0.161 e. The predicted octanol–water partition coefficient (Wildman–Crippen LogP) is 5.12. The maximum atomic E-state index is 11.1. The molecule has 0 aliphatic heterocycles. The molecule has 0 fully saturated rings. The Bertz CT molecular complexity index is 1120. The maximum Gasteiger partial charge on any atom is 0.161 e. The Balaban J connectivity index is 1.62.